The minimum absolute atomic E-state index is 0.00754. The van der Waals surface area contributed by atoms with Crippen LogP contribution in [0.15, 0.2) is 78.5 Å². The van der Waals surface area contributed by atoms with Gasteiger partial charge in [0.15, 0.2) is 5.11 Å². The first kappa shape index (κ1) is 24.4. The summed E-state index contributed by atoms with van der Waals surface area (Å²) >= 11 is 11.6. The maximum atomic E-state index is 13.5. The lowest BCUT2D eigenvalue weighted by atomic mass is 10.1. The first-order chi connectivity index (χ1) is 17.7. The van der Waals surface area contributed by atoms with E-state index in [0.29, 0.717) is 28.4 Å². The Labute approximate surface area is 221 Å². The van der Waals surface area contributed by atoms with Gasteiger partial charge in [-0.1, -0.05) is 48.0 Å². The van der Waals surface area contributed by atoms with Crippen molar-refractivity contribution < 1.29 is 14.5 Å². The van der Waals surface area contributed by atoms with Crippen LogP contribution in [0, 0.1) is 17.0 Å². The Kier molecular flexibility index (Phi) is 6.32. The van der Waals surface area contributed by atoms with Crippen LogP contribution in [0.5, 0.6) is 0 Å². The van der Waals surface area contributed by atoms with Gasteiger partial charge in [-0.3, -0.25) is 29.9 Å². The number of anilines is 1. The number of nitro groups is 1. The number of fused-ring (bicyclic) bond motifs is 1. The van der Waals surface area contributed by atoms with E-state index in [2.05, 4.69) is 5.32 Å². The summed E-state index contributed by atoms with van der Waals surface area (Å²) in [5.74, 6) is -1.16. The molecule has 0 saturated carbocycles. The molecule has 1 aliphatic rings. The highest BCUT2D eigenvalue weighted by molar-refractivity contribution is 7.80. The molecule has 2 amide bonds. The Morgan fingerprint density at radius 1 is 1.08 bits per heavy atom. The molecule has 0 radical (unpaired) electrons. The fourth-order valence-corrected chi connectivity index (χ4v) is 4.80. The van der Waals surface area contributed by atoms with E-state index in [1.807, 2.05) is 41.1 Å². The van der Waals surface area contributed by atoms with E-state index in [1.54, 1.807) is 37.3 Å². The molecule has 8 nitrogen and oxygen atoms in total. The van der Waals surface area contributed by atoms with Crippen LogP contribution < -0.4 is 10.2 Å². The fraction of sp³-hybridized carbons (Fsp3) is 0.0741. The topological polar surface area (TPSA) is 97.5 Å². The third kappa shape index (κ3) is 4.50. The number of hydrogen-bond donors (Lipinski definition) is 1. The Morgan fingerprint density at radius 3 is 2.62 bits per heavy atom. The molecular weight excluding hydrogens is 512 g/mol. The molecule has 1 saturated heterocycles. The molecule has 0 bridgehead atoms. The molecule has 1 fully saturated rings. The smallest absolute Gasteiger partial charge is 0.270 e. The molecule has 4 aromatic rings. The summed E-state index contributed by atoms with van der Waals surface area (Å²) in [7, 11) is 0. The Balaban J connectivity index is 1.57. The Morgan fingerprint density at radius 2 is 1.84 bits per heavy atom. The monoisotopic (exact) mass is 530 g/mol. The molecule has 1 N–H and O–H groups in total. The Hall–Kier alpha value is -4.34. The molecule has 2 heterocycles. The molecule has 37 heavy (non-hydrogen) atoms. The number of para-hydroxylation sites is 1. The van der Waals surface area contributed by atoms with Gasteiger partial charge >= 0.3 is 0 Å². The number of aromatic nitrogens is 1. The van der Waals surface area contributed by atoms with Crippen LogP contribution in [-0.4, -0.2) is 26.4 Å². The molecule has 3 aromatic carbocycles. The Bertz CT molecular complexity index is 1660. The van der Waals surface area contributed by atoms with Gasteiger partial charge in [0.2, 0.25) is 0 Å². The predicted molar refractivity (Wildman–Crippen MR) is 147 cm³/mol. The molecule has 1 aromatic heterocycles. The second-order valence-electron chi connectivity index (χ2n) is 8.50. The zero-order chi connectivity index (χ0) is 26.3. The molecule has 1 aliphatic heterocycles. The normalized spacial score (nSPS) is 14.9. The number of nitrogens with zero attached hydrogens (tertiary/aromatic N) is 3. The van der Waals surface area contributed by atoms with Gasteiger partial charge in [0.1, 0.15) is 5.57 Å². The molecule has 0 atom stereocenters. The number of nitro benzene ring substituents is 1. The van der Waals surface area contributed by atoms with Crippen molar-refractivity contribution >= 4 is 69.1 Å². The summed E-state index contributed by atoms with van der Waals surface area (Å²) in [6, 6.07) is 19.1. The highest BCUT2D eigenvalue weighted by Crippen LogP contribution is 2.31. The average molecular weight is 531 g/mol. The van der Waals surface area contributed by atoms with Gasteiger partial charge in [-0.15, -0.1) is 0 Å². The lowest BCUT2D eigenvalue weighted by molar-refractivity contribution is -0.384. The summed E-state index contributed by atoms with van der Waals surface area (Å²) in [4.78, 5) is 38.5. The van der Waals surface area contributed by atoms with Crippen LogP contribution in [0.3, 0.4) is 0 Å². The standard InChI is InChI=1S/C27H19ClN4O4S/c1-16-22(28)9-5-11-23(16)31-26(34)21(25(33)29-27(31)37)13-18-15-30(24-10-3-2-8-20(18)24)14-17-6-4-7-19(12-17)32(35)36/h2-13,15H,14H2,1H3,(H,29,33,37)/b21-13+. The maximum Gasteiger partial charge on any atom is 0.270 e. The number of benzene rings is 3. The summed E-state index contributed by atoms with van der Waals surface area (Å²) in [6.45, 7) is 2.14. The van der Waals surface area contributed by atoms with Crippen LogP contribution in [0.4, 0.5) is 11.4 Å². The molecule has 10 heteroatoms. The first-order valence-electron chi connectivity index (χ1n) is 11.2. The van der Waals surface area contributed by atoms with Crippen LogP contribution in [0.25, 0.3) is 17.0 Å². The lowest BCUT2D eigenvalue weighted by Crippen LogP contribution is -2.54. The van der Waals surface area contributed by atoms with E-state index in [1.165, 1.54) is 17.0 Å². The van der Waals surface area contributed by atoms with Gasteiger partial charge in [0, 0.05) is 46.4 Å². The number of non-ortho nitro benzene ring substituents is 1. The minimum Gasteiger partial charge on any atom is -0.342 e. The molecular formula is C27H19ClN4O4S. The zero-order valence-corrected chi connectivity index (χ0v) is 21.0. The van der Waals surface area contributed by atoms with Crippen LogP contribution in [0.2, 0.25) is 5.02 Å². The molecule has 0 unspecified atom stereocenters. The highest BCUT2D eigenvalue weighted by atomic mass is 35.5. The maximum absolute atomic E-state index is 13.5. The van der Waals surface area contributed by atoms with E-state index in [9.17, 15) is 19.7 Å². The van der Waals surface area contributed by atoms with Crippen molar-refractivity contribution in [3.63, 3.8) is 0 Å². The molecule has 184 valence electrons. The van der Waals surface area contributed by atoms with Crippen molar-refractivity contribution in [3.8, 4) is 0 Å². The molecule has 5 rings (SSSR count). The van der Waals surface area contributed by atoms with Gasteiger partial charge in [0.25, 0.3) is 17.5 Å². The quantitative estimate of drug-likeness (QED) is 0.123. The summed E-state index contributed by atoms with van der Waals surface area (Å²) in [5, 5.41) is 15.1. The molecule has 0 spiro atoms. The van der Waals surface area contributed by atoms with Crippen molar-refractivity contribution in [1.29, 1.82) is 0 Å². The zero-order valence-electron chi connectivity index (χ0n) is 19.5. The largest absolute Gasteiger partial charge is 0.342 e. The lowest BCUT2D eigenvalue weighted by Gasteiger charge is -2.30. The van der Waals surface area contributed by atoms with E-state index in [-0.39, 0.29) is 16.4 Å². The third-order valence-corrected chi connectivity index (χ3v) is 6.87. The number of carbonyl (C=O) groups is 2. The number of thiocarbonyl (C=S) groups is 1. The number of carbonyl (C=O) groups excluding carboxylic acids is 2. The van der Waals surface area contributed by atoms with E-state index >= 15 is 0 Å². The van der Waals surface area contributed by atoms with Gasteiger partial charge in [-0.05, 0) is 54.5 Å². The van der Waals surface area contributed by atoms with Crippen LogP contribution >= 0.6 is 23.8 Å². The van der Waals surface area contributed by atoms with Crippen molar-refractivity contribution in [2.45, 2.75) is 13.5 Å². The van der Waals surface area contributed by atoms with Crippen molar-refractivity contribution in [1.82, 2.24) is 9.88 Å². The minimum atomic E-state index is -0.596. The third-order valence-electron chi connectivity index (χ3n) is 6.18. The van der Waals surface area contributed by atoms with E-state index in [4.69, 9.17) is 23.8 Å². The second kappa shape index (κ2) is 9.61. The number of halogens is 1. The van der Waals surface area contributed by atoms with Crippen molar-refractivity contribution in [2.75, 3.05) is 4.90 Å². The van der Waals surface area contributed by atoms with E-state index in [0.717, 1.165) is 16.5 Å². The molecule has 0 aliphatic carbocycles. The average Bonchev–Trinajstić information content (AvgIpc) is 3.21. The van der Waals surface area contributed by atoms with Gasteiger partial charge in [-0.25, -0.2) is 0 Å². The highest BCUT2D eigenvalue weighted by Gasteiger charge is 2.35. The SMILES string of the molecule is Cc1c(Cl)cccc1N1C(=O)/C(=C/c2cn(Cc3cccc([N+](=O)[O-])c3)c3ccccc23)C(=O)NC1=S. The number of amides is 2. The first-order valence-corrected chi connectivity index (χ1v) is 12.0. The second-order valence-corrected chi connectivity index (χ2v) is 9.29. The predicted octanol–water partition coefficient (Wildman–Crippen LogP) is 5.39. The summed E-state index contributed by atoms with van der Waals surface area (Å²) in [6.07, 6.45) is 3.36. The van der Waals surface area contributed by atoms with E-state index < -0.39 is 16.7 Å². The van der Waals surface area contributed by atoms with Crippen LogP contribution in [0.1, 0.15) is 16.7 Å². The summed E-state index contributed by atoms with van der Waals surface area (Å²) < 4.78 is 1.93. The van der Waals surface area contributed by atoms with Crippen LogP contribution in [-0.2, 0) is 16.1 Å². The van der Waals surface area contributed by atoms with Gasteiger partial charge in [-0.2, -0.15) is 0 Å². The number of hydrogen-bond acceptors (Lipinski definition) is 5. The fourth-order valence-electron chi connectivity index (χ4n) is 4.36. The number of rotatable bonds is 5. The van der Waals surface area contributed by atoms with Gasteiger partial charge < -0.3 is 4.57 Å². The van der Waals surface area contributed by atoms with Gasteiger partial charge in [0.05, 0.1) is 10.6 Å². The number of nitrogens with one attached hydrogen (secondary N) is 1. The summed E-state index contributed by atoms with van der Waals surface area (Å²) in [5.41, 5.74) is 3.32. The van der Waals surface area contributed by atoms with Crippen molar-refractivity contribution in [3.05, 3.63) is 110 Å². The van der Waals surface area contributed by atoms with Crippen molar-refractivity contribution in [2.24, 2.45) is 0 Å².